The Balaban J connectivity index is 2.65. The van der Waals surface area contributed by atoms with Crippen LogP contribution >= 0.6 is 15.9 Å². The number of ether oxygens (including phenoxy) is 1. The first-order chi connectivity index (χ1) is 7.69. The van der Waals surface area contributed by atoms with Crippen LogP contribution in [-0.2, 0) is 5.33 Å². The Kier molecular flexibility index (Phi) is 5.89. The molecule has 0 aliphatic heterocycles. The Morgan fingerprint density at radius 2 is 1.75 bits per heavy atom. The summed E-state index contributed by atoms with van der Waals surface area (Å²) in [5, 5.41) is 0.908. The highest BCUT2D eigenvalue weighted by molar-refractivity contribution is 9.08. The predicted molar refractivity (Wildman–Crippen MR) is 73.6 cm³/mol. The van der Waals surface area contributed by atoms with Gasteiger partial charge in [0.25, 0.3) is 0 Å². The maximum absolute atomic E-state index is 5.85. The lowest BCUT2D eigenvalue weighted by molar-refractivity contribution is 0.302. The van der Waals surface area contributed by atoms with Crippen molar-refractivity contribution in [3.8, 4) is 5.75 Å². The number of hydrogen-bond donors (Lipinski definition) is 0. The SMILES string of the molecule is CCCCCOc1c(C)cc(CBr)cc1C. The van der Waals surface area contributed by atoms with E-state index >= 15 is 0 Å². The van der Waals surface area contributed by atoms with E-state index in [4.69, 9.17) is 4.74 Å². The molecule has 1 aromatic carbocycles. The van der Waals surface area contributed by atoms with Crippen LogP contribution in [0, 0.1) is 13.8 Å². The van der Waals surface area contributed by atoms with E-state index in [1.54, 1.807) is 0 Å². The quantitative estimate of drug-likeness (QED) is 0.540. The van der Waals surface area contributed by atoms with Crippen molar-refractivity contribution >= 4 is 15.9 Å². The minimum atomic E-state index is 0.836. The zero-order chi connectivity index (χ0) is 12.0. The van der Waals surface area contributed by atoms with E-state index in [0.29, 0.717) is 0 Å². The first kappa shape index (κ1) is 13.6. The van der Waals surface area contributed by atoms with Gasteiger partial charge >= 0.3 is 0 Å². The fourth-order valence-electron chi connectivity index (χ4n) is 1.87. The summed E-state index contributed by atoms with van der Waals surface area (Å²) in [4.78, 5) is 0. The van der Waals surface area contributed by atoms with Crippen molar-refractivity contribution in [3.63, 3.8) is 0 Å². The number of rotatable bonds is 6. The van der Waals surface area contributed by atoms with Crippen molar-refractivity contribution in [3.05, 3.63) is 28.8 Å². The molecule has 90 valence electrons. The zero-order valence-corrected chi connectivity index (χ0v) is 12.1. The van der Waals surface area contributed by atoms with Gasteiger partial charge in [0.1, 0.15) is 5.75 Å². The van der Waals surface area contributed by atoms with Crippen LogP contribution in [0.5, 0.6) is 5.75 Å². The van der Waals surface area contributed by atoms with E-state index < -0.39 is 0 Å². The zero-order valence-electron chi connectivity index (χ0n) is 10.5. The Bertz CT molecular complexity index is 311. The van der Waals surface area contributed by atoms with Crippen LogP contribution in [0.3, 0.4) is 0 Å². The number of halogens is 1. The molecule has 1 rings (SSSR count). The predicted octanol–water partition coefficient (Wildman–Crippen LogP) is 4.77. The molecule has 0 radical (unpaired) electrons. The molecule has 0 amide bonds. The summed E-state index contributed by atoms with van der Waals surface area (Å²) in [6.07, 6.45) is 3.64. The van der Waals surface area contributed by atoms with Gasteiger partial charge in [-0.2, -0.15) is 0 Å². The Hall–Kier alpha value is -0.500. The topological polar surface area (TPSA) is 9.23 Å². The molecule has 1 aromatic rings. The molecule has 2 heteroatoms. The van der Waals surface area contributed by atoms with Gasteiger partial charge in [0.15, 0.2) is 0 Å². The highest BCUT2D eigenvalue weighted by atomic mass is 79.9. The third-order valence-electron chi connectivity index (χ3n) is 2.67. The van der Waals surface area contributed by atoms with Crippen LogP contribution in [0.25, 0.3) is 0 Å². The van der Waals surface area contributed by atoms with E-state index in [1.165, 1.54) is 29.5 Å². The second kappa shape index (κ2) is 6.95. The van der Waals surface area contributed by atoms with Gasteiger partial charge < -0.3 is 4.74 Å². The second-order valence-corrected chi connectivity index (χ2v) is 4.81. The average Bonchev–Trinajstić information content (AvgIpc) is 2.26. The highest BCUT2D eigenvalue weighted by Gasteiger charge is 2.05. The number of hydrogen-bond acceptors (Lipinski definition) is 1. The van der Waals surface area contributed by atoms with Crippen LogP contribution in [0.4, 0.5) is 0 Å². The van der Waals surface area contributed by atoms with Crippen LogP contribution in [0.15, 0.2) is 12.1 Å². The molecule has 0 aromatic heterocycles. The Morgan fingerprint density at radius 1 is 1.12 bits per heavy atom. The summed E-state index contributed by atoms with van der Waals surface area (Å²) < 4.78 is 5.85. The van der Waals surface area contributed by atoms with Crippen molar-refractivity contribution in [1.82, 2.24) is 0 Å². The number of unbranched alkanes of at least 4 members (excludes halogenated alkanes) is 2. The van der Waals surface area contributed by atoms with Crippen molar-refractivity contribution in [2.24, 2.45) is 0 Å². The molecular weight excluding hydrogens is 264 g/mol. The van der Waals surface area contributed by atoms with Crippen LogP contribution in [0.1, 0.15) is 42.9 Å². The normalized spacial score (nSPS) is 10.5. The van der Waals surface area contributed by atoms with Crippen LogP contribution < -0.4 is 4.74 Å². The lowest BCUT2D eigenvalue weighted by Gasteiger charge is -2.13. The maximum Gasteiger partial charge on any atom is 0.125 e. The second-order valence-electron chi connectivity index (χ2n) is 4.25. The van der Waals surface area contributed by atoms with Crippen molar-refractivity contribution < 1.29 is 4.74 Å². The molecular formula is C14H21BrO. The van der Waals surface area contributed by atoms with Gasteiger partial charge in [0, 0.05) is 5.33 Å². The molecule has 0 spiro atoms. The van der Waals surface area contributed by atoms with E-state index in [-0.39, 0.29) is 0 Å². The van der Waals surface area contributed by atoms with Crippen LogP contribution in [0.2, 0.25) is 0 Å². The van der Waals surface area contributed by atoms with E-state index in [0.717, 1.165) is 24.1 Å². The smallest absolute Gasteiger partial charge is 0.125 e. The fraction of sp³-hybridized carbons (Fsp3) is 0.571. The summed E-state index contributed by atoms with van der Waals surface area (Å²) in [6.45, 7) is 7.28. The molecule has 1 nitrogen and oxygen atoms in total. The summed E-state index contributed by atoms with van der Waals surface area (Å²) in [7, 11) is 0. The van der Waals surface area contributed by atoms with Crippen molar-refractivity contribution in [2.45, 2.75) is 45.4 Å². The molecule has 0 unspecified atom stereocenters. The van der Waals surface area contributed by atoms with Crippen LogP contribution in [-0.4, -0.2) is 6.61 Å². The third-order valence-corrected chi connectivity index (χ3v) is 3.32. The summed E-state index contributed by atoms with van der Waals surface area (Å²) in [5.41, 5.74) is 3.80. The highest BCUT2D eigenvalue weighted by Crippen LogP contribution is 2.26. The largest absolute Gasteiger partial charge is 0.493 e. The maximum atomic E-state index is 5.85. The minimum absolute atomic E-state index is 0.836. The molecule has 0 atom stereocenters. The fourth-order valence-corrected chi connectivity index (χ4v) is 2.19. The molecule has 0 saturated carbocycles. The van der Waals surface area contributed by atoms with Gasteiger partial charge in [-0.1, -0.05) is 47.8 Å². The van der Waals surface area contributed by atoms with Gasteiger partial charge in [-0.15, -0.1) is 0 Å². The minimum Gasteiger partial charge on any atom is -0.493 e. The first-order valence-corrected chi connectivity index (χ1v) is 7.10. The molecule has 0 aliphatic carbocycles. The van der Waals surface area contributed by atoms with Gasteiger partial charge in [-0.3, -0.25) is 0 Å². The summed E-state index contributed by atoms with van der Waals surface area (Å²) >= 11 is 3.48. The summed E-state index contributed by atoms with van der Waals surface area (Å²) in [5.74, 6) is 1.07. The van der Waals surface area contributed by atoms with E-state index in [9.17, 15) is 0 Å². The number of alkyl halides is 1. The van der Waals surface area contributed by atoms with E-state index in [1.807, 2.05) is 0 Å². The Labute approximate surface area is 107 Å². The summed E-state index contributed by atoms with van der Waals surface area (Å²) in [6, 6.07) is 4.38. The van der Waals surface area contributed by atoms with E-state index in [2.05, 4.69) is 48.8 Å². The number of aryl methyl sites for hydroxylation is 2. The molecule has 0 fully saturated rings. The van der Waals surface area contributed by atoms with Crippen molar-refractivity contribution in [1.29, 1.82) is 0 Å². The first-order valence-electron chi connectivity index (χ1n) is 5.98. The lowest BCUT2D eigenvalue weighted by atomic mass is 10.1. The van der Waals surface area contributed by atoms with Gasteiger partial charge in [0.2, 0.25) is 0 Å². The molecule has 0 heterocycles. The van der Waals surface area contributed by atoms with Gasteiger partial charge in [-0.25, -0.2) is 0 Å². The third kappa shape index (κ3) is 3.82. The molecule has 0 aliphatic rings. The molecule has 0 bridgehead atoms. The van der Waals surface area contributed by atoms with Crippen molar-refractivity contribution in [2.75, 3.05) is 6.61 Å². The molecule has 0 N–H and O–H groups in total. The monoisotopic (exact) mass is 284 g/mol. The van der Waals surface area contributed by atoms with Gasteiger partial charge in [0.05, 0.1) is 6.61 Å². The van der Waals surface area contributed by atoms with Gasteiger partial charge in [-0.05, 0) is 37.0 Å². The molecule has 16 heavy (non-hydrogen) atoms. The number of benzene rings is 1. The lowest BCUT2D eigenvalue weighted by Crippen LogP contribution is -2.01. The molecule has 0 saturated heterocycles. The standard InChI is InChI=1S/C14H21BrO/c1-4-5-6-7-16-14-11(2)8-13(10-15)9-12(14)3/h8-9H,4-7,10H2,1-3H3. The Morgan fingerprint density at radius 3 is 2.25 bits per heavy atom. The average molecular weight is 285 g/mol.